The van der Waals surface area contributed by atoms with Gasteiger partial charge in [-0.2, -0.15) is 5.26 Å². The van der Waals surface area contributed by atoms with Crippen molar-refractivity contribution in [2.45, 2.75) is 71.1 Å². The van der Waals surface area contributed by atoms with Crippen LogP contribution >= 0.6 is 11.3 Å². The molecule has 2 unspecified atom stereocenters. The average molecular weight is 532 g/mol. The van der Waals surface area contributed by atoms with Crippen LogP contribution in [0.5, 0.6) is 5.75 Å². The fraction of sp³-hybridized carbons (Fsp3) is 0.433. The van der Waals surface area contributed by atoms with E-state index in [1.165, 1.54) is 11.1 Å². The van der Waals surface area contributed by atoms with Crippen molar-refractivity contribution in [3.63, 3.8) is 0 Å². The molecule has 8 heteroatoms. The minimum atomic E-state index is -0.315. The summed E-state index contributed by atoms with van der Waals surface area (Å²) in [4.78, 5) is 0. The molecule has 3 aromatic rings. The van der Waals surface area contributed by atoms with Crippen LogP contribution in [0.3, 0.4) is 0 Å². The molecule has 7 nitrogen and oxygen atoms in total. The number of benzene rings is 2. The molecule has 4 rings (SSSR count). The van der Waals surface area contributed by atoms with Crippen LogP contribution in [0, 0.1) is 11.3 Å². The molecule has 3 N–H and O–H groups in total. The standard InChI is InChI=1S/C30H37N5O2S/c1-4-5-15-32-16-13-23(36)14-17-33-27-11-10-24-25(27)7-6-8-26(24)30-35-34-29(38-30)21-9-12-28(37-20(2)3)22(18-21)19-31/h5-9,12,15,18,20,23,27,32-33,36H,4,10-11,13-14,16-17H2,1-3H3/b15-5+. The SMILES string of the molecule is CC/C=C/NCCC(O)CCNC1CCc2c(-c3nnc(-c4ccc(OC(C)C)c(C#N)c4)s3)cccc21. The van der Waals surface area contributed by atoms with Gasteiger partial charge in [0.2, 0.25) is 0 Å². The van der Waals surface area contributed by atoms with Gasteiger partial charge >= 0.3 is 0 Å². The molecular weight excluding hydrogens is 494 g/mol. The summed E-state index contributed by atoms with van der Waals surface area (Å²) < 4.78 is 5.75. The van der Waals surface area contributed by atoms with Crippen molar-refractivity contribution in [3.8, 4) is 33.0 Å². The molecule has 0 radical (unpaired) electrons. The summed E-state index contributed by atoms with van der Waals surface area (Å²) in [5.41, 5.74) is 5.11. The lowest BCUT2D eigenvalue weighted by molar-refractivity contribution is 0.153. The van der Waals surface area contributed by atoms with E-state index in [-0.39, 0.29) is 18.2 Å². The number of fused-ring (bicyclic) bond motifs is 1. The summed E-state index contributed by atoms with van der Waals surface area (Å²) >= 11 is 1.54. The summed E-state index contributed by atoms with van der Waals surface area (Å²) in [6.07, 6.45) is 8.21. The molecule has 2 aromatic carbocycles. The Morgan fingerprint density at radius 1 is 1.18 bits per heavy atom. The molecule has 0 amide bonds. The number of nitrogens with one attached hydrogen (secondary N) is 2. The van der Waals surface area contributed by atoms with E-state index in [9.17, 15) is 10.4 Å². The van der Waals surface area contributed by atoms with Gasteiger partial charge in [0.1, 0.15) is 21.8 Å². The third-order valence-corrected chi connectivity index (χ3v) is 7.60. The number of aliphatic hydroxyl groups excluding tert-OH is 1. The highest BCUT2D eigenvalue weighted by Gasteiger charge is 2.26. The Kier molecular flexibility index (Phi) is 9.88. The van der Waals surface area contributed by atoms with Crippen LogP contribution in [0.15, 0.2) is 48.7 Å². The fourth-order valence-electron chi connectivity index (χ4n) is 4.73. The lowest BCUT2D eigenvalue weighted by atomic mass is 10.0. The molecule has 0 saturated heterocycles. The van der Waals surface area contributed by atoms with Gasteiger partial charge in [-0.25, -0.2) is 0 Å². The van der Waals surface area contributed by atoms with Crippen LogP contribution in [0.25, 0.3) is 21.1 Å². The zero-order valence-corrected chi connectivity index (χ0v) is 23.2. The topological polar surface area (TPSA) is 103 Å². The van der Waals surface area contributed by atoms with Crippen molar-refractivity contribution in [2.75, 3.05) is 13.1 Å². The van der Waals surface area contributed by atoms with Crippen LogP contribution in [0.1, 0.15) is 69.2 Å². The van der Waals surface area contributed by atoms with Crippen molar-refractivity contribution in [1.82, 2.24) is 20.8 Å². The molecule has 38 heavy (non-hydrogen) atoms. The van der Waals surface area contributed by atoms with Crippen LogP contribution in [0.2, 0.25) is 0 Å². The van der Waals surface area contributed by atoms with Crippen LogP contribution in [-0.4, -0.2) is 40.6 Å². The van der Waals surface area contributed by atoms with Gasteiger partial charge in [-0.3, -0.25) is 0 Å². The van der Waals surface area contributed by atoms with E-state index in [1.807, 2.05) is 38.2 Å². The van der Waals surface area contributed by atoms with Crippen molar-refractivity contribution < 1.29 is 9.84 Å². The van der Waals surface area contributed by atoms with Crippen molar-refractivity contribution >= 4 is 11.3 Å². The third-order valence-electron chi connectivity index (χ3n) is 6.60. The van der Waals surface area contributed by atoms with Crippen molar-refractivity contribution in [3.05, 3.63) is 65.4 Å². The van der Waals surface area contributed by atoms with E-state index in [0.29, 0.717) is 11.3 Å². The number of aliphatic hydroxyl groups is 1. The molecule has 0 aliphatic heterocycles. The van der Waals surface area contributed by atoms with Gasteiger partial charge in [-0.05, 0) is 88.0 Å². The van der Waals surface area contributed by atoms with Gasteiger partial charge in [-0.15, -0.1) is 10.2 Å². The van der Waals surface area contributed by atoms with Gasteiger partial charge in [0, 0.05) is 23.7 Å². The molecule has 1 aliphatic carbocycles. The van der Waals surface area contributed by atoms with E-state index in [0.717, 1.165) is 66.3 Å². The number of allylic oxidation sites excluding steroid dienone is 1. The Balaban J connectivity index is 1.40. The maximum absolute atomic E-state index is 10.3. The Bertz CT molecular complexity index is 1280. The lowest BCUT2D eigenvalue weighted by Gasteiger charge is -2.16. The quantitative estimate of drug-likeness (QED) is 0.241. The zero-order valence-electron chi connectivity index (χ0n) is 22.4. The van der Waals surface area contributed by atoms with E-state index in [4.69, 9.17) is 4.74 Å². The molecule has 2 atom stereocenters. The Morgan fingerprint density at radius 3 is 2.79 bits per heavy atom. The molecule has 0 fully saturated rings. The molecule has 0 saturated carbocycles. The first-order chi connectivity index (χ1) is 18.5. The second-order valence-electron chi connectivity index (χ2n) is 9.82. The zero-order chi connectivity index (χ0) is 26.9. The van der Waals surface area contributed by atoms with Gasteiger partial charge in [0.15, 0.2) is 0 Å². The highest BCUT2D eigenvalue weighted by Crippen LogP contribution is 2.40. The van der Waals surface area contributed by atoms with E-state index >= 15 is 0 Å². The van der Waals surface area contributed by atoms with Crippen LogP contribution in [-0.2, 0) is 6.42 Å². The van der Waals surface area contributed by atoms with E-state index < -0.39 is 0 Å². The van der Waals surface area contributed by atoms with Crippen LogP contribution < -0.4 is 15.4 Å². The van der Waals surface area contributed by atoms with Crippen LogP contribution in [0.4, 0.5) is 0 Å². The maximum atomic E-state index is 10.3. The molecule has 0 bridgehead atoms. The number of rotatable bonds is 13. The predicted molar refractivity (Wildman–Crippen MR) is 153 cm³/mol. The van der Waals surface area contributed by atoms with Gasteiger partial charge < -0.3 is 20.5 Å². The minimum Gasteiger partial charge on any atom is -0.490 e. The second kappa shape index (κ2) is 13.5. The van der Waals surface area contributed by atoms with Gasteiger partial charge in [0.25, 0.3) is 0 Å². The smallest absolute Gasteiger partial charge is 0.148 e. The molecular formula is C30H37N5O2S. The Hall–Kier alpha value is -3.25. The normalized spacial score (nSPS) is 15.5. The number of hydrogen-bond acceptors (Lipinski definition) is 8. The number of hydrogen-bond donors (Lipinski definition) is 3. The number of nitrogens with zero attached hydrogens (tertiary/aromatic N) is 3. The van der Waals surface area contributed by atoms with E-state index in [1.54, 1.807) is 11.3 Å². The average Bonchev–Trinajstić information content (AvgIpc) is 3.56. The molecule has 200 valence electrons. The molecule has 1 heterocycles. The highest BCUT2D eigenvalue weighted by molar-refractivity contribution is 7.17. The Labute approximate surface area is 229 Å². The van der Waals surface area contributed by atoms with E-state index in [2.05, 4.69) is 58.1 Å². The number of aromatic nitrogens is 2. The number of nitriles is 1. The maximum Gasteiger partial charge on any atom is 0.148 e. The summed E-state index contributed by atoms with van der Waals surface area (Å²) in [7, 11) is 0. The first kappa shape index (κ1) is 27.8. The number of ether oxygens (including phenoxy) is 1. The summed E-state index contributed by atoms with van der Waals surface area (Å²) in [5, 5.41) is 37.4. The third kappa shape index (κ3) is 6.98. The Morgan fingerprint density at radius 2 is 2.00 bits per heavy atom. The molecule has 1 aromatic heterocycles. The first-order valence-corrected chi connectivity index (χ1v) is 14.3. The second-order valence-corrected chi connectivity index (χ2v) is 10.8. The van der Waals surface area contributed by atoms with Gasteiger partial charge in [0.05, 0.1) is 17.8 Å². The van der Waals surface area contributed by atoms with Crippen molar-refractivity contribution in [2.24, 2.45) is 0 Å². The minimum absolute atomic E-state index is 0.0000733. The highest BCUT2D eigenvalue weighted by atomic mass is 32.1. The summed E-state index contributed by atoms with van der Waals surface area (Å²) in [5.74, 6) is 0.587. The summed E-state index contributed by atoms with van der Waals surface area (Å²) in [6, 6.07) is 14.5. The fourth-order valence-corrected chi connectivity index (χ4v) is 5.62. The first-order valence-electron chi connectivity index (χ1n) is 13.5. The van der Waals surface area contributed by atoms with Gasteiger partial charge in [-0.1, -0.05) is 42.5 Å². The monoisotopic (exact) mass is 531 g/mol. The predicted octanol–water partition coefficient (Wildman–Crippen LogP) is 5.76. The molecule has 1 aliphatic rings. The largest absolute Gasteiger partial charge is 0.490 e. The molecule has 0 spiro atoms. The van der Waals surface area contributed by atoms with Crippen molar-refractivity contribution in [1.29, 1.82) is 5.26 Å². The summed E-state index contributed by atoms with van der Waals surface area (Å²) in [6.45, 7) is 7.55. The lowest BCUT2D eigenvalue weighted by Crippen LogP contribution is -2.25.